The van der Waals surface area contributed by atoms with E-state index in [-0.39, 0.29) is 11.7 Å². The Bertz CT molecular complexity index is 553. The van der Waals surface area contributed by atoms with Crippen molar-refractivity contribution in [2.45, 2.75) is 26.8 Å². The van der Waals surface area contributed by atoms with E-state index in [0.717, 1.165) is 0 Å². The summed E-state index contributed by atoms with van der Waals surface area (Å²) < 4.78 is 31.7. The third-order valence-electron chi connectivity index (χ3n) is 2.97. The molecule has 1 N–H and O–H groups in total. The van der Waals surface area contributed by atoms with E-state index < -0.39 is 10.1 Å². The Kier molecular flexibility index (Phi) is 6.09. The zero-order valence-corrected chi connectivity index (χ0v) is 12.6. The van der Waals surface area contributed by atoms with Crippen molar-refractivity contribution in [1.29, 1.82) is 0 Å². The number of hydrogen-bond acceptors (Lipinski definition) is 3. The second-order valence-electron chi connectivity index (χ2n) is 4.45. The first-order chi connectivity index (χ1) is 9.37. The molecule has 7 heteroatoms. The molecule has 1 amide bonds. The Labute approximate surface area is 119 Å². The van der Waals surface area contributed by atoms with Crippen LogP contribution in [0.3, 0.4) is 0 Å². The minimum atomic E-state index is -3.93. The van der Waals surface area contributed by atoms with Crippen molar-refractivity contribution < 1.29 is 22.3 Å². The fourth-order valence-electron chi connectivity index (χ4n) is 1.91. The Hall–Kier alpha value is -1.47. The lowest BCUT2D eigenvalue weighted by Gasteiger charge is -2.17. The molecule has 0 spiro atoms. The second kappa shape index (κ2) is 7.35. The molecule has 0 aliphatic carbocycles. The standard InChI is InChI=1S/C13H20N2O4S/c1-3-15(4-2)13(16)12-7-5-8-14(11-12)9-6-10-20(17,18)19/h5,7-8,11H,3-4,6,9-10H2,1-2H3/p+1. The highest BCUT2D eigenvalue weighted by atomic mass is 32.2. The van der Waals surface area contributed by atoms with E-state index in [1.807, 2.05) is 13.8 Å². The summed E-state index contributed by atoms with van der Waals surface area (Å²) in [4.78, 5) is 13.9. The molecule has 1 rings (SSSR count). The lowest BCUT2D eigenvalue weighted by atomic mass is 10.2. The zero-order chi connectivity index (χ0) is 15.2. The average molecular weight is 301 g/mol. The molecule has 0 saturated carbocycles. The molecule has 6 nitrogen and oxygen atoms in total. The monoisotopic (exact) mass is 301 g/mol. The van der Waals surface area contributed by atoms with Crippen molar-refractivity contribution in [2.24, 2.45) is 0 Å². The van der Waals surface area contributed by atoms with Crippen LogP contribution in [0.4, 0.5) is 0 Å². The fraction of sp³-hybridized carbons (Fsp3) is 0.538. The molecule has 0 saturated heterocycles. The Balaban J connectivity index is 2.73. The van der Waals surface area contributed by atoms with Crippen molar-refractivity contribution in [3.8, 4) is 0 Å². The summed E-state index contributed by atoms with van der Waals surface area (Å²) in [7, 11) is -3.93. The number of aryl methyl sites for hydroxylation is 1. The van der Waals surface area contributed by atoms with E-state index in [1.54, 1.807) is 34.0 Å². The van der Waals surface area contributed by atoms with Gasteiger partial charge in [0.25, 0.3) is 16.0 Å². The zero-order valence-electron chi connectivity index (χ0n) is 11.8. The first-order valence-electron chi connectivity index (χ1n) is 6.61. The maximum Gasteiger partial charge on any atom is 0.265 e. The minimum Gasteiger partial charge on any atom is -0.339 e. The van der Waals surface area contributed by atoms with Crippen LogP contribution in [0, 0.1) is 0 Å². The normalized spacial score (nSPS) is 11.3. The van der Waals surface area contributed by atoms with Crippen LogP contribution in [-0.2, 0) is 16.7 Å². The van der Waals surface area contributed by atoms with Gasteiger partial charge in [0.2, 0.25) is 0 Å². The highest BCUT2D eigenvalue weighted by molar-refractivity contribution is 7.85. The van der Waals surface area contributed by atoms with Crippen LogP contribution in [0.15, 0.2) is 24.5 Å². The highest BCUT2D eigenvalue weighted by Gasteiger charge is 2.16. The van der Waals surface area contributed by atoms with Crippen molar-refractivity contribution >= 4 is 16.0 Å². The van der Waals surface area contributed by atoms with Crippen molar-refractivity contribution in [1.82, 2.24) is 4.90 Å². The van der Waals surface area contributed by atoms with Crippen LogP contribution in [-0.4, -0.2) is 42.6 Å². The molecule has 0 aliphatic rings. The molecule has 0 aliphatic heterocycles. The van der Waals surface area contributed by atoms with Crippen LogP contribution < -0.4 is 4.57 Å². The largest absolute Gasteiger partial charge is 0.339 e. The van der Waals surface area contributed by atoms with E-state index in [1.165, 1.54) is 0 Å². The smallest absolute Gasteiger partial charge is 0.265 e. The van der Waals surface area contributed by atoms with Gasteiger partial charge < -0.3 is 4.90 Å². The van der Waals surface area contributed by atoms with Gasteiger partial charge in [-0.15, -0.1) is 0 Å². The lowest BCUT2D eigenvalue weighted by molar-refractivity contribution is -0.697. The van der Waals surface area contributed by atoms with Crippen LogP contribution in [0.1, 0.15) is 30.6 Å². The number of nitrogens with zero attached hydrogens (tertiary/aromatic N) is 2. The molecule has 20 heavy (non-hydrogen) atoms. The quantitative estimate of drug-likeness (QED) is 0.595. The van der Waals surface area contributed by atoms with Crippen LogP contribution >= 0.6 is 0 Å². The molecule has 0 aromatic carbocycles. The van der Waals surface area contributed by atoms with Gasteiger partial charge in [0.15, 0.2) is 12.4 Å². The van der Waals surface area contributed by atoms with Crippen molar-refractivity contribution in [3.63, 3.8) is 0 Å². The number of aromatic nitrogens is 1. The maximum absolute atomic E-state index is 12.2. The van der Waals surface area contributed by atoms with E-state index in [9.17, 15) is 13.2 Å². The Morgan fingerprint density at radius 1 is 1.35 bits per heavy atom. The third kappa shape index (κ3) is 5.26. The summed E-state index contributed by atoms with van der Waals surface area (Å²) in [5, 5.41) is 0. The topological polar surface area (TPSA) is 78.6 Å². The van der Waals surface area contributed by atoms with Gasteiger partial charge in [0.05, 0.1) is 5.75 Å². The number of pyridine rings is 1. The van der Waals surface area contributed by atoms with Crippen LogP contribution in [0.2, 0.25) is 0 Å². The minimum absolute atomic E-state index is 0.0425. The number of carbonyl (C=O) groups excluding carboxylic acids is 1. The van der Waals surface area contributed by atoms with E-state index in [2.05, 4.69) is 0 Å². The van der Waals surface area contributed by atoms with Gasteiger partial charge in [-0.25, -0.2) is 4.57 Å². The van der Waals surface area contributed by atoms with Crippen molar-refractivity contribution in [3.05, 3.63) is 30.1 Å². The number of amides is 1. The van der Waals surface area contributed by atoms with E-state index >= 15 is 0 Å². The predicted molar refractivity (Wildman–Crippen MR) is 74.9 cm³/mol. The summed E-state index contributed by atoms with van der Waals surface area (Å²) in [6.45, 7) is 5.56. The maximum atomic E-state index is 12.2. The molecule has 0 bridgehead atoms. The summed E-state index contributed by atoms with van der Waals surface area (Å²) in [5.41, 5.74) is 0.572. The third-order valence-corrected chi connectivity index (χ3v) is 3.78. The molecular weight excluding hydrogens is 280 g/mol. The molecular formula is C13H21N2O4S+. The second-order valence-corrected chi connectivity index (χ2v) is 6.02. The van der Waals surface area contributed by atoms with Crippen LogP contribution in [0.25, 0.3) is 0 Å². The van der Waals surface area contributed by atoms with Gasteiger partial charge >= 0.3 is 0 Å². The molecule has 0 fully saturated rings. The Morgan fingerprint density at radius 3 is 2.55 bits per heavy atom. The molecule has 1 aromatic heterocycles. The summed E-state index contributed by atoms with van der Waals surface area (Å²) in [5.74, 6) is -0.326. The van der Waals surface area contributed by atoms with Gasteiger partial charge in [-0.05, 0) is 19.9 Å². The molecule has 112 valence electrons. The van der Waals surface area contributed by atoms with Gasteiger partial charge in [-0.1, -0.05) is 0 Å². The lowest BCUT2D eigenvalue weighted by Crippen LogP contribution is -2.37. The molecule has 1 heterocycles. The molecule has 0 atom stereocenters. The summed E-state index contributed by atoms with van der Waals surface area (Å²) in [6.07, 6.45) is 3.76. The van der Waals surface area contributed by atoms with Gasteiger partial charge in [-0.3, -0.25) is 9.35 Å². The average Bonchev–Trinajstić information content (AvgIpc) is 2.39. The fourth-order valence-corrected chi connectivity index (χ4v) is 2.40. The first kappa shape index (κ1) is 16.6. The molecule has 1 aromatic rings. The number of hydrogen-bond donors (Lipinski definition) is 1. The van der Waals surface area contributed by atoms with Gasteiger partial charge in [0, 0.05) is 25.6 Å². The van der Waals surface area contributed by atoms with Crippen LogP contribution in [0.5, 0.6) is 0 Å². The van der Waals surface area contributed by atoms with Gasteiger partial charge in [0.1, 0.15) is 12.1 Å². The highest BCUT2D eigenvalue weighted by Crippen LogP contribution is 2.02. The van der Waals surface area contributed by atoms with E-state index in [0.29, 0.717) is 31.6 Å². The molecule has 0 unspecified atom stereocenters. The number of carbonyl (C=O) groups is 1. The summed E-state index contributed by atoms with van der Waals surface area (Å²) >= 11 is 0. The van der Waals surface area contributed by atoms with E-state index in [4.69, 9.17) is 4.55 Å². The number of rotatable bonds is 7. The van der Waals surface area contributed by atoms with Gasteiger partial charge in [-0.2, -0.15) is 8.42 Å². The first-order valence-corrected chi connectivity index (χ1v) is 8.21. The summed E-state index contributed by atoms with van der Waals surface area (Å²) in [6, 6.07) is 3.49. The van der Waals surface area contributed by atoms with Crippen molar-refractivity contribution in [2.75, 3.05) is 18.8 Å². The predicted octanol–water partition coefficient (Wildman–Crippen LogP) is 0.734. The Morgan fingerprint density at radius 2 is 2.00 bits per heavy atom. The molecule has 0 radical (unpaired) electrons. The SMILES string of the molecule is CCN(CC)C(=O)c1ccc[n+](CCCS(=O)(=O)O)c1.